The highest BCUT2D eigenvalue weighted by atomic mass is 35.5. The van der Waals surface area contributed by atoms with Gasteiger partial charge < -0.3 is 5.73 Å². The fourth-order valence-corrected chi connectivity index (χ4v) is 2.41. The van der Waals surface area contributed by atoms with Gasteiger partial charge in [0.25, 0.3) is 0 Å². The van der Waals surface area contributed by atoms with Crippen molar-refractivity contribution in [2.24, 2.45) is 5.73 Å². The molecule has 1 aliphatic rings. The number of rotatable bonds is 2. The largest absolute Gasteiger partial charge is 0.327 e. The van der Waals surface area contributed by atoms with E-state index < -0.39 is 5.82 Å². The molecule has 1 unspecified atom stereocenters. The first-order valence-corrected chi connectivity index (χ1v) is 5.50. The number of nitrogens with two attached hydrogens (primary N) is 1. The van der Waals surface area contributed by atoms with Crippen LogP contribution in [0.2, 0.25) is 10.3 Å². The monoisotopic (exact) mass is 248 g/mol. The standard InChI is InChI=1S/C10H11Cl2FN2/c1-5(14)10(2-3-10)6-4-7(13)9(12)15-8(6)11/h4-5H,2-3,14H2,1H3. The van der Waals surface area contributed by atoms with Crippen LogP contribution in [0.25, 0.3) is 0 Å². The van der Waals surface area contributed by atoms with Gasteiger partial charge >= 0.3 is 0 Å². The lowest BCUT2D eigenvalue weighted by atomic mass is 9.91. The van der Waals surface area contributed by atoms with Gasteiger partial charge in [-0.3, -0.25) is 0 Å². The summed E-state index contributed by atoms with van der Waals surface area (Å²) in [7, 11) is 0. The molecule has 1 aromatic rings. The molecular formula is C10H11Cl2FN2. The highest BCUT2D eigenvalue weighted by Crippen LogP contribution is 2.52. The molecule has 2 nitrogen and oxygen atoms in total. The van der Waals surface area contributed by atoms with Crippen LogP contribution in [0.4, 0.5) is 4.39 Å². The summed E-state index contributed by atoms with van der Waals surface area (Å²) >= 11 is 11.5. The third kappa shape index (κ3) is 1.73. The van der Waals surface area contributed by atoms with Gasteiger partial charge in [0.15, 0.2) is 11.0 Å². The van der Waals surface area contributed by atoms with E-state index in [2.05, 4.69) is 4.98 Å². The molecule has 0 bridgehead atoms. The third-order valence-corrected chi connectivity index (χ3v) is 3.64. The third-order valence-electron chi connectivity index (χ3n) is 3.08. The van der Waals surface area contributed by atoms with Gasteiger partial charge in [0.1, 0.15) is 5.15 Å². The summed E-state index contributed by atoms with van der Waals surface area (Å²) in [5.41, 5.74) is 6.36. The summed E-state index contributed by atoms with van der Waals surface area (Å²) in [6, 6.07) is 1.30. The second-order valence-corrected chi connectivity index (χ2v) is 4.76. The minimum atomic E-state index is -0.539. The van der Waals surface area contributed by atoms with Gasteiger partial charge in [-0.05, 0) is 25.8 Å². The zero-order valence-electron chi connectivity index (χ0n) is 8.23. The fraction of sp³-hybridized carbons (Fsp3) is 0.500. The first-order valence-electron chi connectivity index (χ1n) is 4.75. The normalized spacial score (nSPS) is 20.1. The average molecular weight is 249 g/mol. The minimum absolute atomic E-state index is 0.0580. The Morgan fingerprint density at radius 1 is 1.47 bits per heavy atom. The molecule has 2 N–H and O–H groups in total. The Morgan fingerprint density at radius 3 is 2.53 bits per heavy atom. The molecule has 1 heterocycles. The smallest absolute Gasteiger partial charge is 0.166 e. The van der Waals surface area contributed by atoms with E-state index in [1.54, 1.807) is 0 Å². The zero-order valence-corrected chi connectivity index (χ0v) is 9.74. The molecule has 0 spiro atoms. The van der Waals surface area contributed by atoms with E-state index in [9.17, 15) is 4.39 Å². The summed E-state index contributed by atoms with van der Waals surface area (Å²) < 4.78 is 13.3. The first-order chi connectivity index (χ1) is 6.97. The molecule has 0 radical (unpaired) electrons. The summed E-state index contributed by atoms with van der Waals surface area (Å²) in [5.74, 6) is -0.539. The van der Waals surface area contributed by atoms with Crippen molar-refractivity contribution in [3.8, 4) is 0 Å². The Kier molecular flexibility index (Phi) is 2.65. The first kappa shape index (κ1) is 11.1. The quantitative estimate of drug-likeness (QED) is 0.818. The maximum atomic E-state index is 13.3. The van der Waals surface area contributed by atoms with Crippen molar-refractivity contribution in [2.45, 2.75) is 31.2 Å². The van der Waals surface area contributed by atoms with Crippen LogP contribution in [0.1, 0.15) is 25.3 Å². The maximum absolute atomic E-state index is 13.3. The molecule has 0 amide bonds. The van der Waals surface area contributed by atoms with Gasteiger partial charge in [0.05, 0.1) is 0 Å². The Morgan fingerprint density at radius 2 is 2.07 bits per heavy atom. The van der Waals surface area contributed by atoms with E-state index in [0.717, 1.165) is 12.8 Å². The summed E-state index contributed by atoms with van der Waals surface area (Å²) in [6.07, 6.45) is 1.85. The van der Waals surface area contributed by atoms with Crippen molar-refractivity contribution in [3.63, 3.8) is 0 Å². The van der Waals surface area contributed by atoms with Crippen molar-refractivity contribution in [3.05, 3.63) is 27.8 Å². The van der Waals surface area contributed by atoms with Crippen LogP contribution >= 0.6 is 23.2 Å². The molecule has 1 aliphatic carbocycles. The molecule has 1 atom stereocenters. The molecule has 2 rings (SSSR count). The van der Waals surface area contributed by atoms with E-state index in [1.807, 2.05) is 6.92 Å². The number of nitrogens with zero attached hydrogens (tertiary/aromatic N) is 1. The number of hydrogen-bond donors (Lipinski definition) is 1. The van der Waals surface area contributed by atoms with Crippen LogP contribution in [-0.2, 0) is 5.41 Å². The van der Waals surface area contributed by atoms with E-state index in [4.69, 9.17) is 28.9 Å². The fourth-order valence-electron chi connectivity index (χ4n) is 1.90. The molecule has 15 heavy (non-hydrogen) atoms. The van der Waals surface area contributed by atoms with Crippen LogP contribution in [0.15, 0.2) is 6.07 Å². The summed E-state index contributed by atoms with van der Waals surface area (Å²) in [6.45, 7) is 1.90. The lowest BCUT2D eigenvalue weighted by molar-refractivity contribution is 0.545. The molecule has 1 saturated carbocycles. The van der Waals surface area contributed by atoms with Gasteiger partial charge in [-0.25, -0.2) is 9.37 Å². The summed E-state index contributed by atoms with van der Waals surface area (Å²) in [4.78, 5) is 3.76. The van der Waals surface area contributed by atoms with Gasteiger partial charge in [-0.2, -0.15) is 0 Å². The number of halogens is 3. The SMILES string of the molecule is CC(N)C1(c2cc(F)c(Cl)nc2Cl)CC1. The molecule has 5 heteroatoms. The minimum Gasteiger partial charge on any atom is -0.327 e. The van der Waals surface area contributed by atoms with E-state index in [1.165, 1.54) is 6.07 Å². The predicted molar refractivity (Wildman–Crippen MR) is 58.8 cm³/mol. The second kappa shape index (κ2) is 3.58. The average Bonchev–Trinajstić information content (AvgIpc) is 2.92. The van der Waals surface area contributed by atoms with E-state index >= 15 is 0 Å². The van der Waals surface area contributed by atoms with Crippen molar-refractivity contribution in [1.82, 2.24) is 4.98 Å². The lowest BCUT2D eigenvalue weighted by Gasteiger charge is -2.20. The maximum Gasteiger partial charge on any atom is 0.166 e. The number of pyridine rings is 1. The van der Waals surface area contributed by atoms with Crippen molar-refractivity contribution in [2.75, 3.05) is 0 Å². The Bertz CT molecular complexity index is 403. The van der Waals surface area contributed by atoms with Crippen LogP contribution in [0, 0.1) is 5.82 Å². The van der Waals surface area contributed by atoms with Gasteiger partial charge in [0, 0.05) is 17.0 Å². The molecular weight excluding hydrogens is 238 g/mol. The van der Waals surface area contributed by atoms with Crippen molar-refractivity contribution < 1.29 is 4.39 Å². The topological polar surface area (TPSA) is 38.9 Å². The van der Waals surface area contributed by atoms with Gasteiger partial charge in [-0.15, -0.1) is 0 Å². The predicted octanol–water partition coefficient (Wildman–Crippen LogP) is 2.91. The summed E-state index contributed by atoms with van der Waals surface area (Å²) in [5, 5.41) is 0.0698. The van der Waals surface area contributed by atoms with Gasteiger partial charge in [-0.1, -0.05) is 23.2 Å². The van der Waals surface area contributed by atoms with Crippen LogP contribution < -0.4 is 5.73 Å². The van der Waals surface area contributed by atoms with Crippen molar-refractivity contribution >= 4 is 23.2 Å². The molecule has 82 valence electrons. The molecule has 1 fully saturated rings. The van der Waals surface area contributed by atoms with Crippen LogP contribution in [0.5, 0.6) is 0 Å². The molecule has 0 aromatic carbocycles. The molecule has 0 aliphatic heterocycles. The molecule has 0 saturated heterocycles. The molecule has 1 aromatic heterocycles. The van der Waals surface area contributed by atoms with E-state index in [-0.39, 0.29) is 21.8 Å². The Balaban J connectivity index is 2.49. The number of aromatic nitrogens is 1. The zero-order chi connectivity index (χ0) is 11.2. The highest BCUT2D eigenvalue weighted by Gasteiger charge is 2.49. The second-order valence-electron chi connectivity index (χ2n) is 4.04. The highest BCUT2D eigenvalue weighted by molar-refractivity contribution is 6.33. The van der Waals surface area contributed by atoms with Gasteiger partial charge in [0.2, 0.25) is 0 Å². The Labute approximate surface area is 97.6 Å². The van der Waals surface area contributed by atoms with Crippen molar-refractivity contribution in [1.29, 1.82) is 0 Å². The Hall–Kier alpha value is -0.380. The van der Waals surface area contributed by atoms with E-state index in [0.29, 0.717) is 5.56 Å². The van der Waals surface area contributed by atoms with Crippen LogP contribution in [0.3, 0.4) is 0 Å². The number of hydrogen-bond acceptors (Lipinski definition) is 2. The van der Waals surface area contributed by atoms with Crippen LogP contribution in [-0.4, -0.2) is 11.0 Å². The lowest BCUT2D eigenvalue weighted by Crippen LogP contribution is -2.32.